The minimum atomic E-state index is -0.187. The molecule has 6 heteroatoms. The van der Waals surface area contributed by atoms with Gasteiger partial charge in [0.2, 0.25) is 0 Å². The third-order valence-corrected chi connectivity index (χ3v) is 0.813. The first-order chi connectivity index (χ1) is 6.25. The molecule has 5 nitrogen and oxygen atoms in total. The van der Waals surface area contributed by atoms with E-state index in [0.717, 1.165) is 12.2 Å². The molecule has 0 aliphatic rings. The molecule has 0 aliphatic heterocycles. The summed E-state index contributed by atoms with van der Waals surface area (Å²) in [5.74, 6) is -0.750. The van der Waals surface area contributed by atoms with E-state index < -0.39 is 0 Å². The molecule has 0 saturated heterocycles. The van der Waals surface area contributed by atoms with E-state index >= 15 is 0 Å². The third kappa shape index (κ3) is 37.1. The van der Waals surface area contributed by atoms with Crippen molar-refractivity contribution in [2.45, 2.75) is 27.7 Å². The van der Waals surface area contributed by atoms with Crippen LogP contribution in [0.5, 0.6) is 0 Å². The molecule has 2 N–H and O–H groups in total. The topological polar surface area (TPSA) is 112 Å². The number of allylic oxidation sites excluding steroid dienone is 4. The SMILES string of the molecule is CC(=O)C=C(C)[O-].CC(=O)C=C(C)[O-].O.[Sr+2]. The van der Waals surface area contributed by atoms with Crippen LogP contribution in [0.4, 0.5) is 0 Å². The second kappa shape index (κ2) is 14.9. The van der Waals surface area contributed by atoms with Crippen LogP contribution in [-0.4, -0.2) is 62.5 Å². The molecule has 0 aliphatic carbocycles. The van der Waals surface area contributed by atoms with E-state index in [4.69, 9.17) is 0 Å². The van der Waals surface area contributed by atoms with Crippen LogP contribution in [-0.2, 0) is 9.59 Å². The number of carbonyl (C=O) groups is 2. The monoisotopic (exact) mass is 304 g/mol. The van der Waals surface area contributed by atoms with Crippen molar-refractivity contribution in [1.82, 2.24) is 0 Å². The molecule has 0 bridgehead atoms. The fourth-order valence-corrected chi connectivity index (χ4v) is 0.572. The van der Waals surface area contributed by atoms with Crippen LogP contribution in [0, 0.1) is 0 Å². The predicted octanol–water partition coefficient (Wildman–Crippen LogP) is -1.53. The van der Waals surface area contributed by atoms with Crippen molar-refractivity contribution in [2.75, 3.05) is 0 Å². The average molecular weight is 304 g/mol. The molecule has 0 heterocycles. The maximum atomic E-state index is 9.98. The van der Waals surface area contributed by atoms with Gasteiger partial charge in [-0.2, -0.15) is 0 Å². The molecule has 0 aromatic rings. The molecule has 0 aromatic heterocycles. The Morgan fingerprint density at radius 2 is 1.00 bits per heavy atom. The molecule has 0 saturated carbocycles. The second-order valence-electron chi connectivity index (χ2n) is 2.73. The van der Waals surface area contributed by atoms with Gasteiger partial charge in [0.05, 0.1) is 0 Å². The minimum absolute atomic E-state index is 0. The Balaban J connectivity index is -0.0000000800. The van der Waals surface area contributed by atoms with Crippen molar-refractivity contribution in [1.29, 1.82) is 0 Å². The minimum Gasteiger partial charge on any atom is -0.876 e. The van der Waals surface area contributed by atoms with Crippen LogP contribution in [0.15, 0.2) is 23.7 Å². The molecule has 0 radical (unpaired) electrons. The van der Waals surface area contributed by atoms with Gasteiger partial charge in [0, 0.05) is 0 Å². The van der Waals surface area contributed by atoms with Gasteiger partial charge in [-0.1, -0.05) is 13.8 Å². The van der Waals surface area contributed by atoms with Gasteiger partial charge in [-0.15, -0.1) is 11.5 Å². The fourth-order valence-electron chi connectivity index (χ4n) is 0.572. The van der Waals surface area contributed by atoms with E-state index in [1.165, 1.54) is 27.7 Å². The van der Waals surface area contributed by atoms with E-state index in [0.29, 0.717) is 0 Å². The molecule has 88 valence electrons. The van der Waals surface area contributed by atoms with E-state index in [2.05, 4.69) is 0 Å². The third-order valence-electron chi connectivity index (χ3n) is 0.813. The average Bonchev–Trinajstić information content (AvgIpc) is 1.79. The Hall–Kier alpha value is -0.139. The number of hydrogen-bond acceptors (Lipinski definition) is 4. The van der Waals surface area contributed by atoms with Crippen LogP contribution in [0.2, 0.25) is 0 Å². The fraction of sp³-hybridized carbons (Fsp3) is 0.400. The molecule has 0 atom stereocenters. The van der Waals surface area contributed by atoms with Crippen LogP contribution in [0.1, 0.15) is 27.7 Å². The normalized spacial score (nSPS) is 10.0. The van der Waals surface area contributed by atoms with Gasteiger partial charge in [0.1, 0.15) is 0 Å². The summed E-state index contributed by atoms with van der Waals surface area (Å²) in [6.45, 7) is 5.39. The van der Waals surface area contributed by atoms with Gasteiger partial charge in [-0.25, -0.2) is 0 Å². The quantitative estimate of drug-likeness (QED) is 0.350. The first-order valence-corrected chi connectivity index (χ1v) is 3.97. The summed E-state index contributed by atoms with van der Waals surface area (Å²) in [6, 6.07) is 0. The van der Waals surface area contributed by atoms with E-state index in [1.807, 2.05) is 0 Å². The molecule has 0 fully saturated rings. The number of hydrogen-bond donors (Lipinski definition) is 0. The van der Waals surface area contributed by atoms with Gasteiger partial charge >= 0.3 is 45.5 Å². The van der Waals surface area contributed by atoms with Gasteiger partial charge < -0.3 is 15.7 Å². The molecule has 0 rings (SSSR count). The van der Waals surface area contributed by atoms with Gasteiger partial charge in [-0.3, -0.25) is 9.59 Å². The molecule has 0 unspecified atom stereocenters. The van der Waals surface area contributed by atoms with Crippen molar-refractivity contribution < 1.29 is 25.3 Å². The summed E-state index contributed by atoms with van der Waals surface area (Å²) in [4.78, 5) is 20.0. The maximum absolute atomic E-state index is 9.98. The second-order valence-corrected chi connectivity index (χ2v) is 2.73. The number of carbonyl (C=O) groups excluding carboxylic acids is 2. The Bertz CT molecular complexity index is 232. The zero-order chi connectivity index (χ0) is 11.7. The van der Waals surface area contributed by atoms with Gasteiger partial charge in [0.25, 0.3) is 0 Å². The van der Waals surface area contributed by atoms with Crippen LogP contribution >= 0.6 is 0 Å². The predicted molar refractivity (Wildman–Crippen MR) is 58.2 cm³/mol. The number of rotatable bonds is 2. The number of ketones is 2. The Labute approximate surface area is 132 Å². The van der Waals surface area contributed by atoms with E-state index in [1.54, 1.807) is 0 Å². The molecular weight excluding hydrogens is 288 g/mol. The van der Waals surface area contributed by atoms with Crippen molar-refractivity contribution in [3.63, 3.8) is 0 Å². The largest absolute Gasteiger partial charge is 2.00 e. The summed E-state index contributed by atoms with van der Waals surface area (Å²) < 4.78 is 0. The maximum Gasteiger partial charge on any atom is 2.00 e. The van der Waals surface area contributed by atoms with Crippen molar-refractivity contribution >= 4 is 57.0 Å². The Morgan fingerprint density at radius 3 is 1.00 bits per heavy atom. The summed E-state index contributed by atoms with van der Waals surface area (Å²) in [5.41, 5.74) is 0. The summed E-state index contributed by atoms with van der Waals surface area (Å²) in [5, 5.41) is 20.0. The van der Waals surface area contributed by atoms with Crippen molar-refractivity contribution in [3.8, 4) is 0 Å². The first-order valence-electron chi connectivity index (χ1n) is 3.97. The zero-order valence-corrected chi connectivity index (χ0v) is 13.5. The standard InChI is InChI=1S/2C5H8O2.H2O.Sr/c2*1-4(6)3-5(2)7;;/h2*3,6H,1-2H3;1H2;/q;;;+2/p-2. The molecule has 0 spiro atoms. The molecule has 0 aromatic carbocycles. The molecule has 16 heavy (non-hydrogen) atoms. The van der Waals surface area contributed by atoms with E-state index in [-0.39, 0.29) is 74.0 Å². The van der Waals surface area contributed by atoms with E-state index in [9.17, 15) is 19.8 Å². The Kier molecular flexibility index (Phi) is 23.1. The summed E-state index contributed by atoms with van der Waals surface area (Å²) in [7, 11) is 0. The molecule has 0 amide bonds. The summed E-state index contributed by atoms with van der Waals surface area (Å²) >= 11 is 0. The first kappa shape index (κ1) is 24.9. The summed E-state index contributed by atoms with van der Waals surface area (Å²) in [6.07, 6.45) is 2.11. The molecular formula is C10H16O5Sr. The zero-order valence-electron chi connectivity index (χ0n) is 9.99. The van der Waals surface area contributed by atoms with Crippen LogP contribution in [0.25, 0.3) is 0 Å². The van der Waals surface area contributed by atoms with Crippen LogP contribution in [0.3, 0.4) is 0 Å². The van der Waals surface area contributed by atoms with Crippen molar-refractivity contribution in [2.24, 2.45) is 0 Å². The smallest absolute Gasteiger partial charge is 0.876 e. The van der Waals surface area contributed by atoms with Gasteiger partial charge in [0.15, 0.2) is 11.6 Å². The van der Waals surface area contributed by atoms with Gasteiger partial charge in [-0.05, 0) is 26.0 Å². The van der Waals surface area contributed by atoms with Crippen molar-refractivity contribution in [3.05, 3.63) is 23.7 Å². The van der Waals surface area contributed by atoms with Crippen LogP contribution < -0.4 is 10.2 Å². The Morgan fingerprint density at radius 1 is 0.812 bits per heavy atom.